The van der Waals surface area contributed by atoms with E-state index in [0.29, 0.717) is 9.88 Å². The molecule has 0 aliphatic carbocycles. The monoisotopic (exact) mass is 318 g/mol. The number of sulfone groups is 1. The number of hydrazine groups is 1. The molecule has 0 radical (unpaired) electrons. The van der Waals surface area contributed by atoms with Crippen LogP contribution in [0.15, 0.2) is 29.2 Å². The maximum absolute atomic E-state index is 11.9. The lowest BCUT2D eigenvalue weighted by Gasteiger charge is -2.19. The lowest BCUT2D eigenvalue weighted by molar-refractivity contribution is 0.0890. The average Bonchev–Trinajstić information content (AvgIpc) is 2.36. The Bertz CT molecular complexity index is 582. The zero-order valence-electron chi connectivity index (χ0n) is 10.7. The molecule has 0 aliphatic rings. The Morgan fingerprint density at radius 3 is 2.26 bits per heavy atom. The van der Waals surface area contributed by atoms with Crippen LogP contribution < -0.4 is 5.43 Å². The third-order valence-electron chi connectivity index (χ3n) is 2.26. The minimum absolute atomic E-state index is 0.178. The number of benzene rings is 1. The van der Waals surface area contributed by atoms with Crippen molar-refractivity contribution in [3.05, 3.63) is 29.8 Å². The van der Waals surface area contributed by atoms with E-state index in [1.165, 1.54) is 41.0 Å². The van der Waals surface area contributed by atoms with Gasteiger partial charge >= 0.3 is 0 Å². The molecule has 0 unspecified atom stereocenters. The highest BCUT2D eigenvalue weighted by atomic mass is 32.2. The van der Waals surface area contributed by atoms with Crippen LogP contribution >= 0.6 is 24.0 Å². The van der Waals surface area contributed by atoms with Gasteiger partial charge in [-0.2, -0.15) is 0 Å². The Balaban J connectivity index is 2.82. The van der Waals surface area contributed by atoms with Crippen LogP contribution in [0.3, 0.4) is 0 Å². The first-order valence-electron chi connectivity index (χ1n) is 5.18. The number of nitrogens with zero attached hydrogens (tertiary/aromatic N) is 1. The molecule has 1 rings (SSSR count). The van der Waals surface area contributed by atoms with Crippen LogP contribution in [-0.2, 0) is 9.84 Å². The molecule has 0 heterocycles. The van der Waals surface area contributed by atoms with E-state index in [2.05, 4.69) is 5.43 Å². The number of hydrogen-bond acceptors (Lipinski definition) is 5. The predicted molar refractivity (Wildman–Crippen MR) is 80.9 cm³/mol. The lowest BCUT2D eigenvalue weighted by atomic mass is 10.2. The molecule has 1 amide bonds. The van der Waals surface area contributed by atoms with Crippen molar-refractivity contribution in [2.75, 3.05) is 19.6 Å². The summed E-state index contributed by atoms with van der Waals surface area (Å²) >= 11 is 6.35. The Kier molecular flexibility index (Phi) is 5.33. The molecule has 0 atom stereocenters. The number of nitrogens with one attached hydrogen (secondary N) is 1. The maximum Gasteiger partial charge on any atom is 0.269 e. The van der Waals surface area contributed by atoms with Gasteiger partial charge in [-0.3, -0.25) is 15.2 Å². The summed E-state index contributed by atoms with van der Waals surface area (Å²) in [5, 5.41) is 1.44. The van der Waals surface area contributed by atoms with Gasteiger partial charge in [0.05, 0.1) is 4.90 Å². The lowest BCUT2D eigenvalue weighted by Crippen LogP contribution is -2.41. The molecule has 1 aromatic carbocycles. The van der Waals surface area contributed by atoms with Crippen LogP contribution in [-0.4, -0.2) is 43.2 Å². The van der Waals surface area contributed by atoms with E-state index in [-0.39, 0.29) is 10.8 Å². The van der Waals surface area contributed by atoms with E-state index >= 15 is 0 Å². The van der Waals surface area contributed by atoms with Crippen molar-refractivity contribution < 1.29 is 13.2 Å². The normalized spacial score (nSPS) is 10.9. The van der Waals surface area contributed by atoms with Crippen molar-refractivity contribution >= 4 is 44.0 Å². The van der Waals surface area contributed by atoms with E-state index in [1.807, 2.05) is 6.26 Å². The second-order valence-corrected chi connectivity index (χ2v) is 7.22. The van der Waals surface area contributed by atoms with E-state index in [1.54, 1.807) is 7.05 Å². The molecule has 0 spiro atoms. The molecule has 0 aliphatic heterocycles. The van der Waals surface area contributed by atoms with Crippen molar-refractivity contribution in [1.82, 2.24) is 10.4 Å². The molecule has 1 N–H and O–H groups in total. The van der Waals surface area contributed by atoms with Gasteiger partial charge in [-0.05, 0) is 30.5 Å². The SMILES string of the molecule is CSC(=S)N(C)NC(=O)c1ccc(S(C)(=O)=O)cc1. The van der Waals surface area contributed by atoms with E-state index < -0.39 is 9.84 Å². The summed E-state index contributed by atoms with van der Waals surface area (Å²) < 4.78 is 23.1. The Morgan fingerprint density at radius 1 is 1.32 bits per heavy atom. The number of carbonyl (C=O) groups is 1. The fourth-order valence-electron chi connectivity index (χ4n) is 1.25. The summed E-state index contributed by atoms with van der Waals surface area (Å²) in [5.41, 5.74) is 2.95. The number of amides is 1. The van der Waals surface area contributed by atoms with Gasteiger partial charge in [0.15, 0.2) is 14.2 Å². The molecular weight excluding hydrogens is 304 g/mol. The topological polar surface area (TPSA) is 66.5 Å². The summed E-state index contributed by atoms with van der Waals surface area (Å²) in [6.07, 6.45) is 2.93. The van der Waals surface area contributed by atoms with Gasteiger partial charge in [0, 0.05) is 18.9 Å². The summed E-state index contributed by atoms with van der Waals surface area (Å²) in [6.45, 7) is 0. The highest BCUT2D eigenvalue weighted by molar-refractivity contribution is 8.22. The molecule has 104 valence electrons. The number of thiocarbonyl (C=S) groups is 1. The Morgan fingerprint density at radius 2 is 1.84 bits per heavy atom. The minimum Gasteiger partial charge on any atom is -0.272 e. The summed E-state index contributed by atoms with van der Waals surface area (Å²) in [4.78, 5) is 12.0. The van der Waals surface area contributed by atoms with Crippen LogP contribution in [0.2, 0.25) is 0 Å². The van der Waals surface area contributed by atoms with Gasteiger partial charge in [0.1, 0.15) is 0 Å². The summed E-state index contributed by atoms with van der Waals surface area (Å²) in [5.74, 6) is -0.348. The van der Waals surface area contributed by atoms with E-state index in [4.69, 9.17) is 12.2 Å². The van der Waals surface area contributed by atoms with Gasteiger partial charge < -0.3 is 0 Å². The number of hydrogen-bond donors (Lipinski definition) is 1. The van der Waals surface area contributed by atoms with Gasteiger partial charge in [-0.25, -0.2) is 8.42 Å². The molecular formula is C11H14N2O3S3. The molecule has 0 bridgehead atoms. The number of carbonyl (C=O) groups excluding carboxylic acids is 1. The highest BCUT2D eigenvalue weighted by Crippen LogP contribution is 2.10. The maximum atomic E-state index is 11.9. The zero-order valence-corrected chi connectivity index (χ0v) is 13.2. The van der Waals surface area contributed by atoms with Crippen molar-refractivity contribution in [2.24, 2.45) is 0 Å². The fraction of sp³-hybridized carbons (Fsp3) is 0.273. The first-order valence-corrected chi connectivity index (χ1v) is 8.71. The van der Waals surface area contributed by atoms with Crippen LogP contribution in [0.4, 0.5) is 0 Å². The quantitative estimate of drug-likeness (QED) is 0.655. The van der Waals surface area contributed by atoms with Gasteiger partial charge in [-0.15, -0.1) is 0 Å². The van der Waals surface area contributed by atoms with Crippen molar-refractivity contribution in [3.63, 3.8) is 0 Å². The summed E-state index contributed by atoms with van der Waals surface area (Å²) in [7, 11) is -1.61. The first kappa shape index (κ1) is 15.9. The van der Waals surface area contributed by atoms with Gasteiger partial charge in [0.25, 0.3) is 5.91 Å². The second kappa shape index (κ2) is 6.36. The molecule has 0 aromatic heterocycles. The fourth-order valence-corrected chi connectivity index (χ4v) is 2.25. The van der Waals surface area contributed by atoms with Crippen molar-refractivity contribution in [3.8, 4) is 0 Å². The third kappa shape index (κ3) is 4.48. The highest BCUT2D eigenvalue weighted by Gasteiger charge is 2.12. The average molecular weight is 318 g/mol. The molecule has 0 fully saturated rings. The van der Waals surface area contributed by atoms with Gasteiger partial charge in [-0.1, -0.05) is 24.0 Å². The van der Waals surface area contributed by atoms with Crippen LogP contribution in [0.1, 0.15) is 10.4 Å². The first-order chi connectivity index (χ1) is 8.75. The van der Waals surface area contributed by atoms with E-state index in [0.717, 1.165) is 6.26 Å². The molecule has 1 aromatic rings. The smallest absolute Gasteiger partial charge is 0.269 e. The number of thioether (sulfide) groups is 1. The standard InChI is InChI=1S/C11H14N2O3S3/c1-13(11(17)18-2)12-10(14)8-4-6-9(7-5-8)19(3,15)16/h4-7H,1-3H3,(H,12,14). The molecule has 8 heteroatoms. The van der Waals surface area contributed by atoms with Crippen LogP contribution in [0, 0.1) is 0 Å². The molecule has 0 saturated carbocycles. The third-order valence-corrected chi connectivity index (χ3v) is 4.79. The predicted octanol–water partition coefficient (Wildman–Crippen LogP) is 1.31. The van der Waals surface area contributed by atoms with Crippen molar-refractivity contribution in [2.45, 2.75) is 4.90 Å². The Hall–Kier alpha value is -1.12. The molecule has 5 nitrogen and oxygen atoms in total. The zero-order chi connectivity index (χ0) is 14.6. The Labute approximate surface area is 122 Å². The largest absolute Gasteiger partial charge is 0.272 e. The molecule has 19 heavy (non-hydrogen) atoms. The second-order valence-electron chi connectivity index (χ2n) is 3.77. The van der Waals surface area contributed by atoms with Crippen LogP contribution in [0.5, 0.6) is 0 Å². The summed E-state index contributed by atoms with van der Waals surface area (Å²) in [6, 6.07) is 5.72. The van der Waals surface area contributed by atoms with E-state index in [9.17, 15) is 13.2 Å². The van der Waals surface area contributed by atoms with Crippen molar-refractivity contribution in [1.29, 1.82) is 0 Å². The van der Waals surface area contributed by atoms with Gasteiger partial charge in [0.2, 0.25) is 0 Å². The molecule has 0 saturated heterocycles. The van der Waals surface area contributed by atoms with Crippen LogP contribution in [0.25, 0.3) is 0 Å². The number of rotatable bonds is 2. The minimum atomic E-state index is -3.25.